The number of nitrogens with zero attached hydrogens (tertiary/aromatic N) is 4. The molecule has 0 fully saturated rings. The van der Waals surface area contributed by atoms with Gasteiger partial charge in [0.25, 0.3) is 0 Å². The number of hydrogen-bond acceptors (Lipinski definition) is 3. The van der Waals surface area contributed by atoms with Crippen molar-refractivity contribution in [2.24, 2.45) is 0 Å². The van der Waals surface area contributed by atoms with Gasteiger partial charge in [-0.15, -0.1) is 35.7 Å². The van der Waals surface area contributed by atoms with Crippen LogP contribution < -0.4 is 4.74 Å². The Labute approximate surface area is 290 Å². The summed E-state index contributed by atoms with van der Waals surface area (Å²) in [6.07, 6.45) is -8.32. The number of aromatic nitrogens is 4. The molecule has 4 aromatic carbocycles. The summed E-state index contributed by atoms with van der Waals surface area (Å²) in [5, 5.41) is 6.29. The molecule has 0 spiro atoms. The molecule has 0 unspecified atom stereocenters. The van der Waals surface area contributed by atoms with Gasteiger partial charge in [0, 0.05) is 40.0 Å². The van der Waals surface area contributed by atoms with E-state index in [2.05, 4.69) is 22.2 Å². The molecule has 0 bridgehead atoms. The first-order valence-corrected chi connectivity index (χ1v) is 14.7. The zero-order chi connectivity index (χ0) is 34.0. The van der Waals surface area contributed by atoms with E-state index in [0.29, 0.717) is 23.7 Å². The summed E-state index contributed by atoms with van der Waals surface area (Å²) in [7, 11) is 0. The van der Waals surface area contributed by atoms with Gasteiger partial charge in [0.15, 0.2) is 0 Å². The fraction of sp³-hybridized carbons (Fsp3) is 0.135. The van der Waals surface area contributed by atoms with Crippen molar-refractivity contribution in [2.45, 2.75) is 33.1 Å². The van der Waals surface area contributed by atoms with Crippen LogP contribution in [0.4, 0.5) is 26.3 Å². The van der Waals surface area contributed by atoms with E-state index >= 15 is 0 Å². The van der Waals surface area contributed by atoms with E-state index in [1.807, 2.05) is 54.0 Å². The van der Waals surface area contributed by atoms with Gasteiger partial charge in [0.2, 0.25) is 0 Å². The first-order valence-electron chi connectivity index (χ1n) is 14.7. The maximum atomic E-state index is 14.0. The first kappa shape index (κ1) is 34.0. The largest absolute Gasteiger partial charge is 2.00 e. The second-order valence-electron chi connectivity index (χ2n) is 11.3. The van der Waals surface area contributed by atoms with Gasteiger partial charge in [-0.3, -0.25) is 4.68 Å². The van der Waals surface area contributed by atoms with Crippen LogP contribution in [0.5, 0.6) is 11.5 Å². The Kier molecular flexibility index (Phi) is 8.67. The van der Waals surface area contributed by atoms with Crippen LogP contribution in [0.25, 0.3) is 44.4 Å². The first-order chi connectivity index (χ1) is 22.8. The predicted molar refractivity (Wildman–Crippen MR) is 170 cm³/mol. The Hall–Kier alpha value is -4.92. The van der Waals surface area contributed by atoms with E-state index in [0.717, 1.165) is 33.4 Å². The van der Waals surface area contributed by atoms with Crippen molar-refractivity contribution in [2.75, 3.05) is 0 Å². The molecule has 0 amide bonds. The van der Waals surface area contributed by atoms with E-state index in [1.165, 1.54) is 18.5 Å². The zero-order valence-electron chi connectivity index (χ0n) is 25.9. The molecule has 0 radical (unpaired) electrons. The van der Waals surface area contributed by atoms with Gasteiger partial charge in [-0.25, -0.2) is 4.98 Å². The van der Waals surface area contributed by atoms with Crippen LogP contribution in [0.3, 0.4) is 0 Å². The summed E-state index contributed by atoms with van der Waals surface area (Å²) in [5.41, 5.74) is -0.980. The number of ether oxygens (including phenoxy) is 1. The smallest absolute Gasteiger partial charge is 0.509 e. The Bertz CT molecular complexity index is 2320. The number of pyridine rings is 1. The van der Waals surface area contributed by atoms with Gasteiger partial charge < -0.3 is 9.30 Å². The average Bonchev–Trinajstić information content (AvgIpc) is 3.52. The SMILES string of the molecule is Cc1ccnc(-n2c3[c-]c(Oc4[c-]c(-n5nc(C)c(-c6c(C(F)(F)F)cccc6C(F)(F)F)c5C)ccc4)ccc3c3ccccc32)c1.[Pd+2]. The molecule has 49 heavy (non-hydrogen) atoms. The summed E-state index contributed by atoms with van der Waals surface area (Å²) in [6.45, 7) is 4.78. The summed E-state index contributed by atoms with van der Waals surface area (Å²) in [4.78, 5) is 4.58. The van der Waals surface area contributed by atoms with Crippen molar-refractivity contribution >= 4 is 21.8 Å². The van der Waals surface area contributed by atoms with Gasteiger partial charge in [0.1, 0.15) is 5.82 Å². The number of hydrogen-bond donors (Lipinski definition) is 0. The monoisotopic (exact) mass is 760 g/mol. The number of fused-ring (bicyclic) bond motifs is 3. The van der Waals surface area contributed by atoms with Crippen molar-refractivity contribution in [3.8, 4) is 34.1 Å². The third kappa shape index (κ3) is 6.11. The van der Waals surface area contributed by atoms with Crippen LogP contribution in [0, 0.1) is 32.9 Å². The van der Waals surface area contributed by atoms with E-state index in [9.17, 15) is 26.3 Å². The average molecular weight is 761 g/mol. The zero-order valence-corrected chi connectivity index (χ0v) is 27.5. The number of para-hydroxylation sites is 1. The number of aryl methyl sites for hydroxylation is 2. The summed E-state index contributed by atoms with van der Waals surface area (Å²) in [5.74, 6) is 1.31. The fourth-order valence-electron chi connectivity index (χ4n) is 6.09. The maximum absolute atomic E-state index is 14.0. The second kappa shape index (κ2) is 12.5. The maximum Gasteiger partial charge on any atom is 2.00 e. The number of alkyl halides is 6. The van der Waals surface area contributed by atoms with Crippen molar-refractivity contribution < 1.29 is 51.5 Å². The van der Waals surface area contributed by atoms with Crippen LogP contribution in [-0.2, 0) is 32.8 Å². The molecule has 0 aliphatic rings. The van der Waals surface area contributed by atoms with Crippen LogP contribution in [0.1, 0.15) is 28.1 Å². The Morgan fingerprint density at radius 1 is 0.694 bits per heavy atom. The Morgan fingerprint density at radius 3 is 2.06 bits per heavy atom. The third-order valence-electron chi connectivity index (χ3n) is 8.10. The molecule has 0 aliphatic carbocycles. The van der Waals surface area contributed by atoms with Crippen molar-refractivity contribution in [3.63, 3.8) is 0 Å². The minimum Gasteiger partial charge on any atom is -0.509 e. The number of halogens is 6. The van der Waals surface area contributed by atoms with Gasteiger partial charge in [-0.05, 0) is 67.7 Å². The molecule has 7 aromatic rings. The normalized spacial score (nSPS) is 12.0. The molecule has 5 nitrogen and oxygen atoms in total. The molecular weight excluding hydrogens is 737 g/mol. The molecule has 0 atom stereocenters. The second-order valence-corrected chi connectivity index (χ2v) is 11.3. The number of rotatable bonds is 5. The molecule has 7 rings (SSSR count). The minimum atomic E-state index is -5.03. The molecule has 0 saturated heterocycles. The molecule has 12 heteroatoms. The van der Waals surface area contributed by atoms with Crippen LogP contribution in [0.15, 0.2) is 91.1 Å². The van der Waals surface area contributed by atoms with Crippen molar-refractivity contribution in [1.29, 1.82) is 0 Å². The van der Waals surface area contributed by atoms with E-state index in [-0.39, 0.29) is 48.8 Å². The van der Waals surface area contributed by atoms with Crippen molar-refractivity contribution in [3.05, 3.63) is 131 Å². The molecule has 3 aromatic heterocycles. The van der Waals surface area contributed by atoms with E-state index in [4.69, 9.17) is 4.74 Å². The molecule has 0 aliphatic heterocycles. The Morgan fingerprint density at radius 2 is 1.37 bits per heavy atom. The minimum absolute atomic E-state index is 0. The van der Waals surface area contributed by atoms with Gasteiger partial charge in [0.05, 0.1) is 16.8 Å². The molecular formula is C37H24F6N4OPd. The number of benzene rings is 4. The summed E-state index contributed by atoms with van der Waals surface area (Å²) in [6, 6.07) is 28.8. The molecule has 3 heterocycles. The Balaban J connectivity index is 0.00000417. The topological polar surface area (TPSA) is 44.9 Å². The molecule has 250 valence electrons. The van der Waals surface area contributed by atoms with Gasteiger partial charge in [-0.1, -0.05) is 29.8 Å². The van der Waals surface area contributed by atoms with Crippen LogP contribution >= 0.6 is 0 Å². The standard InChI is InChI=1S/C37H24F6N4O.Pd/c1-21-16-17-44-33(18-21)46-31-13-5-4-10-27(31)28-15-14-26(20-32(28)46)48-25-9-6-8-24(19-25)47-23(3)34(22(2)45-47)35-29(36(38,39)40)11-7-12-30(35)37(41,42)43;/h4-18H,1-3H3;/q-2;+2. The van der Waals surface area contributed by atoms with E-state index in [1.54, 1.807) is 30.5 Å². The van der Waals surface area contributed by atoms with Crippen molar-refractivity contribution in [1.82, 2.24) is 19.3 Å². The summed E-state index contributed by atoms with van der Waals surface area (Å²) >= 11 is 0. The van der Waals surface area contributed by atoms with Gasteiger partial charge >= 0.3 is 32.8 Å². The van der Waals surface area contributed by atoms with E-state index < -0.39 is 29.0 Å². The van der Waals surface area contributed by atoms with Crippen LogP contribution in [-0.4, -0.2) is 19.3 Å². The third-order valence-corrected chi connectivity index (χ3v) is 8.10. The summed E-state index contributed by atoms with van der Waals surface area (Å²) < 4.78 is 93.6. The van der Waals surface area contributed by atoms with Crippen LogP contribution in [0.2, 0.25) is 0 Å². The predicted octanol–water partition coefficient (Wildman–Crippen LogP) is 10.4. The van der Waals surface area contributed by atoms with Gasteiger partial charge in [-0.2, -0.15) is 43.6 Å². The quantitative estimate of drug-likeness (QED) is 0.0997. The fourth-order valence-corrected chi connectivity index (χ4v) is 6.09. The molecule has 0 saturated carbocycles. The molecule has 0 N–H and O–H groups in total.